The predicted molar refractivity (Wildman–Crippen MR) is 67.9 cm³/mol. The van der Waals surface area contributed by atoms with Crippen LogP contribution in [0.3, 0.4) is 0 Å². The summed E-state index contributed by atoms with van der Waals surface area (Å²) in [7, 11) is 0. The lowest BCUT2D eigenvalue weighted by atomic mass is 10.1. The third-order valence-corrected chi connectivity index (χ3v) is 2.74. The van der Waals surface area contributed by atoms with E-state index in [1.807, 2.05) is 39.0 Å². The first-order valence-electron chi connectivity index (χ1n) is 5.96. The topological polar surface area (TPSA) is 62.7 Å². The molecule has 2 aromatic rings. The van der Waals surface area contributed by atoms with Crippen LogP contribution in [0.4, 0.5) is 0 Å². The van der Waals surface area contributed by atoms with E-state index in [-0.39, 0.29) is 5.92 Å². The van der Waals surface area contributed by atoms with E-state index in [1.54, 1.807) is 0 Å². The maximum Gasteiger partial charge on any atom is 0.152 e. The van der Waals surface area contributed by atoms with Crippen molar-refractivity contribution in [2.45, 2.75) is 33.1 Å². The Kier molecular flexibility index (Phi) is 3.42. The Morgan fingerprint density at radius 3 is 2.67 bits per heavy atom. The number of hydrogen-bond acceptors (Lipinski definition) is 4. The van der Waals surface area contributed by atoms with Crippen molar-refractivity contribution in [2.75, 3.05) is 0 Å². The third-order valence-electron chi connectivity index (χ3n) is 2.74. The SMILES string of the molecule is CCC(C#N)c1nc(C)cc(-c2ccc(C)o2)n1. The second-order valence-electron chi connectivity index (χ2n) is 4.25. The van der Waals surface area contributed by atoms with Crippen LogP contribution in [-0.4, -0.2) is 9.97 Å². The summed E-state index contributed by atoms with van der Waals surface area (Å²) < 4.78 is 5.55. The summed E-state index contributed by atoms with van der Waals surface area (Å²) in [5.41, 5.74) is 1.58. The van der Waals surface area contributed by atoms with Crippen LogP contribution in [0.1, 0.15) is 36.5 Å². The molecule has 0 amide bonds. The van der Waals surface area contributed by atoms with E-state index >= 15 is 0 Å². The molecule has 0 bridgehead atoms. The molecule has 2 heterocycles. The van der Waals surface area contributed by atoms with Gasteiger partial charge < -0.3 is 4.42 Å². The van der Waals surface area contributed by atoms with Crippen molar-refractivity contribution in [3.05, 3.63) is 35.5 Å². The van der Waals surface area contributed by atoms with Crippen molar-refractivity contribution >= 4 is 0 Å². The number of nitrogens with zero attached hydrogens (tertiary/aromatic N) is 3. The first-order valence-corrected chi connectivity index (χ1v) is 5.96. The van der Waals surface area contributed by atoms with Crippen molar-refractivity contribution in [1.29, 1.82) is 5.26 Å². The van der Waals surface area contributed by atoms with Crippen molar-refractivity contribution in [3.63, 3.8) is 0 Å². The van der Waals surface area contributed by atoms with Crippen molar-refractivity contribution in [2.24, 2.45) is 0 Å². The minimum absolute atomic E-state index is 0.264. The van der Waals surface area contributed by atoms with E-state index in [0.717, 1.165) is 17.1 Å². The van der Waals surface area contributed by atoms with E-state index in [4.69, 9.17) is 9.68 Å². The maximum atomic E-state index is 9.08. The summed E-state index contributed by atoms with van der Waals surface area (Å²) in [6.07, 6.45) is 0.705. The quantitative estimate of drug-likeness (QED) is 0.826. The van der Waals surface area contributed by atoms with Gasteiger partial charge in [0.05, 0.1) is 6.07 Å². The van der Waals surface area contributed by atoms with Gasteiger partial charge in [0.2, 0.25) is 0 Å². The number of aryl methyl sites for hydroxylation is 2. The van der Waals surface area contributed by atoms with E-state index < -0.39 is 0 Å². The summed E-state index contributed by atoms with van der Waals surface area (Å²) in [6.45, 7) is 5.74. The Morgan fingerprint density at radius 2 is 2.11 bits per heavy atom. The van der Waals surface area contributed by atoms with Crippen LogP contribution in [0.5, 0.6) is 0 Å². The summed E-state index contributed by atoms with van der Waals surface area (Å²) in [6, 6.07) is 7.87. The molecule has 0 N–H and O–H groups in total. The molecule has 1 atom stereocenters. The standard InChI is InChI=1S/C14H15N3O/c1-4-11(8-15)14-16-9(2)7-12(17-14)13-6-5-10(3)18-13/h5-7,11H,4H2,1-3H3. The van der Waals surface area contributed by atoms with Gasteiger partial charge in [0.1, 0.15) is 23.2 Å². The van der Waals surface area contributed by atoms with E-state index in [2.05, 4.69) is 16.0 Å². The highest BCUT2D eigenvalue weighted by molar-refractivity contribution is 5.52. The summed E-state index contributed by atoms with van der Waals surface area (Å²) in [4.78, 5) is 8.76. The molecular weight excluding hydrogens is 226 g/mol. The van der Waals surface area contributed by atoms with Crippen LogP contribution in [0, 0.1) is 25.2 Å². The molecule has 0 fully saturated rings. The van der Waals surface area contributed by atoms with Crippen LogP contribution < -0.4 is 0 Å². The normalized spacial score (nSPS) is 12.1. The molecule has 0 aliphatic rings. The van der Waals surface area contributed by atoms with Crippen molar-refractivity contribution in [1.82, 2.24) is 9.97 Å². The number of rotatable bonds is 3. The number of aromatic nitrogens is 2. The molecule has 4 heteroatoms. The van der Waals surface area contributed by atoms with Crippen LogP contribution in [0.25, 0.3) is 11.5 Å². The van der Waals surface area contributed by atoms with Crippen molar-refractivity contribution in [3.8, 4) is 17.5 Å². The Bertz CT molecular complexity index is 595. The Balaban J connectivity index is 2.47. The zero-order valence-corrected chi connectivity index (χ0v) is 10.8. The molecule has 0 aliphatic carbocycles. The Hall–Kier alpha value is -2.15. The lowest BCUT2D eigenvalue weighted by Gasteiger charge is -2.07. The fourth-order valence-corrected chi connectivity index (χ4v) is 1.78. The van der Waals surface area contributed by atoms with Gasteiger partial charge >= 0.3 is 0 Å². The molecule has 18 heavy (non-hydrogen) atoms. The second-order valence-corrected chi connectivity index (χ2v) is 4.25. The van der Waals surface area contributed by atoms with Crippen LogP contribution in [0.15, 0.2) is 22.6 Å². The largest absolute Gasteiger partial charge is 0.460 e. The third kappa shape index (κ3) is 2.40. The molecule has 0 saturated heterocycles. The average Bonchev–Trinajstić information content (AvgIpc) is 2.77. The molecule has 2 rings (SSSR count). The highest BCUT2D eigenvalue weighted by Crippen LogP contribution is 2.23. The molecule has 4 nitrogen and oxygen atoms in total. The zero-order valence-electron chi connectivity index (χ0n) is 10.8. The summed E-state index contributed by atoms with van der Waals surface area (Å²) in [5, 5.41) is 9.08. The van der Waals surface area contributed by atoms with E-state index in [0.29, 0.717) is 18.0 Å². The molecule has 0 aromatic carbocycles. The molecular formula is C14H15N3O. The lowest BCUT2D eigenvalue weighted by molar-refractivity contribution is 0.545. The van der Waals surface area contributed by atoms with Gasteiger partial charge in [-0.3, -0.25) is 0 Å². The summed E-state index contributed by atoms with van der Waals surface area (Å²) in [5.74, 6) is 1.87. The molecule has 0 radical (unpaired) electrons. The second kappa shape index (κ2) is 5.01. The monoisotopic (exact) mass is 241 g/mol. The number of nitriles is 1. The van der Waals surface area contributed by atoms with Crippen LogP contribution in [-0.2, 0) is 0 Å². The molecule has 0 spiro atoms. The van der Waals surface area contributed by atoms with Gasteiger partial charge in [-0.15, -0.1) is 0 Å². The Morgan fingerprint density at radius 1 is 1.33 bits per heavy atom. The lowest BCUT2D eigenvalue weighted by Crippen LogP contribution is -2.03. The first-order chi connectivity index (χ1) is 8.63. The van der Waals surface area contributed by atoms with Gasteiger partial charge in [-0.05, 0) is 38.5 Å². The maximum absolute atomic E-state index is 9.08. The van der Waals surface area contributed by atoms with Crippen molar-refractivity contribution < 1.29 is 4.42 Å². The minimum Gasteiger partial charge on any atom is -0.460 e. The molecule has 1 unspecified atom stereocenters. The molecule has 0 aliphatic heterocycles. The number of furan rings is 1. The van der Waals surface area contributed by atoms with Gasteiger partial charge in [-0.2, -0.15) is 5.26 Å². The fourth-order valence-electron chi connectivity index (χ4n) is 1.78. The molecule has 0 saturated carbocycles. The highest BCUT2D eigenvalue weighted by Gasteiger charge is 2.14. The van der Waals surface area contributed by atoms with Gasteiger partial charge in [0.25, 0.3) is 0 Å². The molecule has 2 aromatic heterocycles. The smallest absolute Gasteiger partial charge is 0.152 e. The predicted octanol–water partition coefficient (Wildman–Crippen LogP) is 3.37. The van der Waals surface area contributed by atoms with Gasteiger partial charge in [0, 0.05) is 5.69 Å². The van der Waals surface area contributed by atoms with Crippen LogP contribution >= 0.6 is 0 Å². The van der Waals surface area contributed by atoms with Gasteiger partial charge in [-0.1, -0.05) is 6.92 Å². The number of hydrogen-bond donors (Lipinski definition) is 0. The average molecular weight is 241 g/mol. The van der Waals surface area contributed by atoms with E-state index in [9.17, 15) is 0 Å². The Labute approximate surface area is 106 Å². The summed E-state index contributed by atoms with van der Waals surface area (Å²) >= 11 is 0. The van der Waals surface area contributed by atoms with Gasteiger partial charge in [0.15, 0.2) is 5.76 Å². The highest BCUT2D eigenvalue weighted by atomic mass is 16.3. The van der Waals surface area contributed by atoms with Crippen LogP contribution in [0.2, 0.25) is 0 Å². The zero-order chi connectivity index (χ0) is 13.1. The van der Waals surface area contributed by atoms with Gasteiger partial charge in [-0.25, -0.2) is 9.97 Å². The molecule has 92 valence electrons. The van der Waals surface area contributed by atoms with E-state index in [1.165, 1.54) is 0 Å². The first kappa shape index (κ1) is 12.3. The minimum atomic E-state index is -0.264. The fraction of sp³-hybridized carbons (Fsp3) is 0.357.